The van der Waals surface area contributed by atoms with Crippen LogP contribution in [0.5, 0.6) is 0 Å². The van der Waals surface area contributed by atoms with Crippen LogP contribution < -0.4 is 20.1 Å². The van der Waals surface area contributed by atoms with Crippen molar-refractivity contribution in [2.45, 2.75) is 20.4 Å². The van der Waals surface area contributed by atoms with E-state index in [-0.39, 0.29) is 28.2 Å². The molecule has 0 aliphatic carbocycles. The van der Waals surface area contributed by atoms with Gasteiger partial charge in [-0.25, -0.2) is 4.79 Å². The number of ether oxygens (including phenoxy) is 1. The monoisotopic (exact) mass is 397 g/mol. The summed E-state index contributed by atoms with van der Waals surface area (Å²) in [7, 11) is 0. The van der Waals surface area contributed by atoms with Gasteiger partial charge in [0.15, 0.2) is 11.4 Å². The van der Waals surface area contributed by atoms with Crippen LogP contribution in [0.2, 0.25) is 0 Å². The quantitative estimate of drug-likeness (QED) is 0.430. The highest BCUT2D eigenvalue weighted by Crippen LogP contribution is 2.09. The molecule has 1 aromatic carbocycles. The molecule has 8 heteroatoms. The minimum atomic E-state index is -0.801. The molecule has 1 aromatic heterocycles. The van der Waals surface area contributed by atoms with Crippen molar-refractivity contribution in [3.63, 3.8) is 0 Å². The molecule has 7 nitrogen and oxygen atoms in total. The SMILES string of the molecule is C=CCOC(=O)/C(C#N)=c1\sc(=CNc2ccc(C(C)=O)cc2)c(=O)n1CC. The number of thiazole rings is 1. The molecule has 0 spiro atoms. The molecule has 0 radical (unpaired) electrons. The molecule has 2 aromatic rings. The van der Waals surface area contributed by atoms with Gasteiger partial charge < -0.3 is 10.1 Å². The van der Waals surface area contributed by atoms with Crippen LogP contribution in [-0.2, 0) is 16.1 Å². The Kier molecular flexibility index (Phi) is 7.07. The summed E-state index contributed by atoms with van der Waals surface area (Å²) in [5.74, 6) is -0.836. The lowest BCUT2D eigenvalue weighted by Gasteiger charge is -2.00. The molecule has 28 heavy (non-hydrogen) atoms. The van der Waals surface area contributed by atoms with Gasteiger partial charge in [0, 0.05) is 24.0 Å². The Balaban J connectivity index is 2.48. The number of hydrogen-bond donors (Lipinski definition) is 1. The standard InChI is InChI=1S/C20H19N3O4S/c1-4-10-27-20(26)16(11-21)19-23(5-2)18(25)17(28-19)12-22-15-8-6-14(7-9-15)13(3)24/h4,6-9,12,22H,1,5,10H2,2-3H3/b17-12?,19-16-. The highest BCUT2D eigenvalue weighted by atomic mass is 32.1. The van der Waals surface area contributed by atoms with Crippen molar-refractivity contribution < 1.29 is 14.3 Å². The lowest BCUT2D eigenvalue weighted by molar-refractivity contribution is -0.135. The normalized spacial score (nSPS) is 12.1. The fourth-order valence-electron chi connectivity index (χ4n) is 2.33. The summed E-state index contributed by atoms with van der Waals surface area (Å²) in [6.07, 6.45) is 2.91. The Bertz CT molecular complexity index is 1120. The second-order valence-electron chi connectivity index (χ2n) is 5.62. The van der Waals surface area contributed by atoms with Crippen LogP contribution in [-0.4, -0.2) is 22.9 Å². The zero-order chi connectivity index (χ0) is 20.7. The van der Waals surface area contributed by atoms with Crippen LogP contribution in [0.3, 0.4) is 0 Å². The van der Waals surface area contributed by atoms with Crippen molar-refractivity contribution in [3.05, 3.63) is 62.0 Å². The van der Waals surface area contributed by atoms with Crippen LogP contribution in [0.4, 0.5) is 5.69 Å². The van der Waals surface area contributed by atoms with E-state index in [9.17, 15) is 19.6 Å². The fourth-order valence-corrected chi connectivity index (χ4v) is 3.41. The number of esters is 1. The predicted octanol–water partition coefficient (Wildman–Crippen LogP) is 1.39. The lowest BCUT2D eigenvalue weighted by Crippen LogP contribution is -2.32. The third-order valence-corrected chi connectivity index (χ3v) is 4.88. The number of nitriles is 1. The van der Waals surface area contributed by atoms with Crippen LogP contribution in [0.25, 0.3) is 11.8 Å². The van der Waals surface area contributed by atoms with Gasteiger partial charge in [0.25, 0.3) is 5.56 Å². The lowest BCUT2D eigenvalue weighted by atomic mass is 10.1. The van der Waals surface area contributed by atoms with Crippen molar-refractivity contribution >= 4 is 40.5 Å². The van der Waals surface area contributed by atoms with E-state index < -0.39 is 5.97 Å². The molecular weight excluding hydrogens is 378 g/mol. The highest BCUT2D eigenvalue weighted by Gasteiger charge is 2.16. The summed E-state index contributed by atoms with van der Waals surface area (Å²) in [5.41, 5.74) is 0.733. The number of carbonyl (C=O) groups is 2. The minimum Gasteiger partial charge on any atom is -0.457 e. The number of rotatable bonds is 7. The first kappa shape index (κ1) is 20.9. The van der Waals surface area contributed by atoms with Crippen LogP contribution in [0, 0.1) is 11.3 Å². The van der Waals surface area contributed by atoms with Crippen molar-refractivity contribution in [3.8, 4) is 6.07 Å². The number of nitrogens with one attached hydrogen (secondary N) is 1. The molecule has 2 rings (SSSR count). The number of nitrogens with zero attached hydrogens (tertiary/aromatic N) is 2. The molecule has 0 saturated heterocycles. The van der Waals surface area contributed by atoms with Crippen molar-refractivity contribution in [2.75, 3.05) is 11.9 Å². The molecule has 0 fully saturated rings. The number of anilines is 1. The molecule has 0 atom stereocenters. The Morgan fingerprint density at radius 3 is 2.57 bits per heavy atom. The first-order valence-electron chi connectivity index (χ1n) is 8.42. The number of hydrogen-bond acceptors (Lipinski definition) is 7. The van der Waals surface area contributed by atoms with Crippen LogP contribution in [0.1, 0.15) is 24.2 Å². The van der Waals surface area contributed by atoms with Gasteiger partial charge in [-0.05, 0) is 38.1 Å². The molecule has 0 aliphatic heterocycles. The second kappa shape index (κ2) is 9.48. The predicted molar refractivity (Wildman–Crippen MR) is 108 cm³/mol. The number of Topliss-reactive ketones (excluding diaryl/α,β-unsaturated/α-hetero) is 1. The number of ketones is 1. The number of aromatic nitrogens is 1. The van der Waals surface area contributed by atoms with Gasteiger partial charge >= 0.3 is 5.97 Å². The Labute approximate surface area is 165 Å². The summed E-state index contributed by atoms with van der Waals surface area (Å²) >= 11 is 1.02. The molecule has 0 unspecified atom stereocenters. The summed E-state index contributed by atoms with van der Waals surface area (Å²) in [6.45, 7) is 6.96. The third kappa shape index (κ3) is 4.64. The van der Waals surface area contributed by atoms with Crippen LogP contribution >= 0.6 is 11.3 Å². The molecule has 0 amide bonds. The summed E-state index contributed by atoms with van der Waals surface area (Å²) in [6, 6.07) is 8.63. The van der Waals surface area contributed by atoms with E-state index in [1.807, 2.05) is 6.07 Å². The number of benzene rings is 1. The van der Waals surface area contributed by atoms with Crippen molar-refractivity contribution in [1.82, 2.24) is 4.57 Å². The first-order valence-corrected chi connectivity index (χ1v) is 9.24. The zero-order valence-corrected chi connectivity index (χ0v) is 16.3. The van der Waals surface area contributed by atoms with Crippen LogP contribution in [0.15, 0.2) is 41.7 Å². The van der Waals surface area contributed by atoms with Gasteiger partial charge in [0.2, 0.25) is 0 Å². The Morgan fingerprint density at radius 1 is 1.36 bits per heavy atom. The van der Waals surface area contributed by atoms with Gasteiger partial charge in [-0.2, -0.15) is 5.26 Å². The second-order valence-corrected chi connectivity index (χ2v) is 6.65. The molecule has 1 N–H and O–H groups in total. The van der Waals surface area contributed by atoms with E-state index in [2.05, 4.69) is 11.9 Å². The van der Waals surface area contributed by atoms with Gasteiger partial charge in [0.1, 0.15) is 21.9 Å². The largest absolute Gasteiger partial charge is 0.457 e. The first-order chi connectivity index (χ1) is 13.4. The van der Waals surface area contributed by atoms with Crippen molar-refractivity contribution in [2.24, 2.45) is 0 Å². The van der Waals surface area contributed by atoms with E-state index in [1.165, 1.54) is 23.8 Å². The topological polar surface area (TPSA) is 101 Å². The van der Waals surface area contributed by atoms with E-state index in [1.54, 1.807) is 31.2 Å². The van der Waals surface area contributed by atoms with Gasteiger partial charge in [-0.15, -0.1) is 11.3 Å². The Hall–Kier alpha value is -3.44. The van der Waals surface area contributed by atoms with Gasteiger partial charge in [0.05, 0.1) is 0 Å². The molecular formula is C20H19N3O4S. The molecule has 0 bridgehead atoms. The zero-order valence-electron chi connectivity index (χ0n) is 15.5. The molecule has 0 aliphatic rings. The highest BCUT2D eigenvalue weighted by molar-refractivity contribution is 7.07. The van der Waals surface area contributed by atoms with Gasteiger partial charge in [-0.3, -0.25) is 14.2 Å². The molecule has 0 saturated carbocycles. The molecule has 1 heterocycles. The van der Waals surface area contributed by atoms with E-state index in [0.29, 0.717) is 22.3 Å². The average molecular weight is 397 g/mol. The summed E-state index contributed by atoms with van der Waals surface area (Å²) < 4.78 is 6.85. The maximum Gasteiger partial charge on any atom is 0.352 e. The fraction of sp³-hybridized carbons (Fsp3) is 0.200. The summed E-state index contributed by atoms with van der Waals surface area (Å²) in [4.78, 5) is 36.0. The smallest absolute Gasteiger partial charge is 0.352 e. The van der Waals surface area contributed by atoms with E-state index in [0.717, 1.165) is 11.3 Å². The van der Waals surface area contributed by atoms with E-state index in [4.69, 9.17) is 4.74 Å². The average Bonchev–Trinajstić information content (AvgIpc) is 3.00. The molecule has 144 valence electrons. The minimum absolute atomic E-state index is 0.0253. The summed E-state index contributed by atoms with van der Waals surface area (Å²) in [5, 5.41) is 12.4. The van der Waals surface area contributed by atoms with Gasteiger partial charge in [-0.1, -0.05) is 12.7 Å². The maximum atomic E-state index is 12.6. The third-order valence-electron chi connectivity index (χ3n) is 3.75. The van der Waals surface area contributed by atoms with E-state index >= 15 is 0 Å². The number of carbonyl (C=O) groups excluding carboxylic acids is 2. The maximum absolute atomic E-state index is 12.6. The van der Waals surface area contributed by atoms with Crippen molar-refractivity contribution in [1.29, 1.82) is 5.26 Å². The Morgan fingerprint density at radius 2 is 2.04 bits per heavy atom.